The lowest BCUT2D eigenvalue weighted by Gasteiger charge is -2.21. The number of carbonyl (C=O) groups is 1. The molecule has 0 saturated heterocycles. The highest BCUT2D eigenvalue weighted by Gasteiger charge is 2.31. The van der Waals surface area contributed by atoms with Crippen LogP contribution >= 0.6 is 11.3 Å². The lowest BCUT2D eigenvalue weighted by atomic mass is 9.92. The molecular weight excluding hydrogens is 454 g/mol. The molecule has 0 radical (unpaired) electrons. The van der Waals surface area contributed by atoms with Crippen LogP contribution in [0.4, 0.5) is 17.6 Å². The van der Waals surface area contributed by atoms with Crippen molar-refractivity contribution in [1.29, 1.82) is 0 Å². The second-order valence-electron chi connectivity index (χ2n) is 7.70. The van der Waals surface area contributed by atoms with Crippen LogP contribution in [0.3, 0.4) is 0 Å². The van der Waals surface area contributed by atoms with Crippen molar-refractivity contribution < 1.29 is 22.4 Å². The van der Waals surface area contributed by atoms with E-state index in [1.54, 1.807) is 12.1 Å². The summed E-state index contributed by atoms with van der Waals surface area (Å²) in [4.78, 5) is 17.9. The fourth-order valence-electron chi connectivity index (χ4n) is 3.76. The minimum atomic E-state index is -4.40. The number of nitrogens with zero attached hydrogens (tertiary/aromatic N) is 1. The Bertz CT molecular complexity index is 1080. The highest BCUT2D eigenvalue weighted by Crippen LogP contribution is 2.36. The Balaban J connectivity index is 1.83. The SMILES string of the molecule is CNC(=O)C(NCCC(c1ccc(C(F)(F)F)cc1)c1sc(C)nc1C)c1ccc(F)cc1. The average Bonchev–Trinajstić information content (AvgIpc) is 3.11. The fourth-order valence-corrected chi connectivity index (χ4v) is 4.85. The lowest BCUT2D eigenvalue weighted by molar-refractivity contribution is -0.137. The van der Waals surface area contributed by atoms with E-state index in [4.69, 9.17) is 0 Å². The predicted octanol–water partition coefficient (Wildman–Crippen LogP) is 5.52. The van der Waals surface area contributed by atoms with E-state index >= 15 is 0 Å². The third-order valence-electron chi connectivity index (χ3n) is 5.39. The molecule has 0 spiro atoms. The third-order valence-corrected chi connectivity index (χ3v) is 6.58. The number of halogens is 4. The molecule has 0 fully saturated rings. The molecule has 3 rings (SSSR count). The quantitative estimate of drug-likeness (QED) is 0.419. The Hall–Kier alpha value is -2.78. The maximum absolute atomic E-state index is 13.3. The summed E-state index contributed by atoms with van der Waals surface area (Å²) in [5.41, 5.74) is 1.50. The molecular formula is C24H25F4N3OS. The van der Waals surface area contributed by atoms with Gasteiger partial charge in [-0.15, -0.1) is 11.3 Å². The van der Waals surface area contributed by atoms with Gasteiger partial charge in [0.1, 0.15) is 11.9 Å². The van der Waals surface area contributed by atoms with E-state index in [1.807, 2.05) is 13.8 Å². The minimum absolute atomic E-state index is 0.190. The number of benzene rings is 2. The standard InChI is InChI=1S/C24H25F4N3OS/c1-14-22(33-15(2)31-14)20(16-4-8-18(9-5-16)24(26,27)28)12-13-30-21(23(32)29-3)17-6-10-19(25)11-7-17/h4-11,20-21,30H,12-13H2,1-3H3,(H,29,32). The average molecular weight is 480 g/mol. The number of hydrogen-bond donors (Lipinski definition) is 2. The summed E-state index contributed by atoms with van der Waals surface area (Å²) in [5.74, 6) is -0.852. The molecule has 0 aliphatic heterocycles. The zero-order valence-electron chi connectivity index (χ0n) is 18.5. The lowest BCUT2D eigenvalue weighted by Crippen LogP contribution is -2.36. The van der Waals surface area contributed by atoms with Crippen molar-refractivity contribution in [3.8, 4) is 0 Å². The Morgan fingerprint density at radius 1 is 1.03 bits per heavy atom. The summed E-state index contributed by atoms with van der Waals surface area (Å²) in [7, 11) is 1.52. The van der Waals surface area contributed by atoms with Crippen molar-refractivity contribution in [2.24, 2.45) is 0 Å². The van der Waals surface area contributed by atoms with E-state index in [0.29, 0.717) is 18.5 Å². The number of aromatic nitrogens is 1. The number of carbonyl (C=O) groups excluding carboxylic acids is 1. The van der Waals surface area contributed by atoms with Gasteiger partial charge in [0, 0.05) is 17.8 Å². The molecule has 176 valence electrons. The zero-order chi connectivity index (χ0) is 24.2. The van der Waals surface area contributed by atoms with Crippen molar-refractivity contribution in [3.63, 3.8) is 0 Å². The molecule has 3 aromatic rings. The molecule has 2 atom stereocenters. The van der Waals surface area contributed by atoms with E-state index in [0.717, 1.165) is 33.3 Å². The summed E-state index contributed by atoms with van der Waals surface area (Å²) < 4.78 is 52.4. The molecule has 1 heterocycles. The molecule has 1 amide bonds. The Kier molecular flexibility index (Phi) is 7.86. The number of rotatable bonds is 8. The molecule has 0 aliphatic rings. The van der Waals surface area contributed by atoms with Gasteiger partial charge in [0.05, 0.1) is 16.3 Å². The molecule has 1 aromatic heterocycles. The van der Waals surface area contributed by atoms with Gasteiger partial charge in [-0.2, -0.15) is 13.2 Å². The van der Waals surface area contributed by atoms with E-state index < -0.39 is 23.6 Å². The van der Waals surface area contributed by atoms with Crippen LogP contribution in [0.15, 0.2) is 48.5 Å². The maximum Gasteiger partial charge on any atom is 0.416 e. The second kappa shape index (κ2) is 10.4. The van der Waals surface area contributed by atoms with E-state index in [9.17, 15) is 22.4 Å². The van der Waals surface area contributed by atoms with Crippen LogP contribution in [-0.4, -0.2) is 24.5 Å². The van der Waals surface area contributed by atoms with Crippen molar-refractivity contribution in [1.82, 2.24) is 15.6 Å². The topological polar surface area (TPSA) is 54.0 Å². The maximum atomic E-state index is 13.3. The van der Waals surface area contributed by atoms with Gasteiger partial charge >= 0.3 is 6.18 Å². The van der Waals surface area contributed by atoms with Gasteiger partial charge < -0.3 is 10.6 Å². The van der Waals surface area contributed by atoms with Gasteiger partial charge in [0.15, 0.2) is 0 Å². The molecule has 0 aliphatic carbocycles. The molecule has 9 heteroatoms. The first-order valence-corrected chi connectivity index (χ1v) is 11.2. The normalized spacial score (nSPS) is 13.5. The van der Waals surface area contributed by atoms with Crippen molar-refractivity contribution >= 4 is 17.2 Å². The predicted molar refractivity (Wildman–Crippen MR) is 121 cm³/mol. The number of amides is 1. The van der Waals surface area contributed by atoms with Gasteiger partial charge in [0.2, 0.25) is 5.91 Å². The van der Waals surface area contributed by atoms with Crippen molar-refractivity contribution in [3.05, 3.63) is 86.6 Å². The first kappa shape index (κ1) is 24.9. The van der Waals surface area contributed by atoms with E-state index in [2.05, 4.69) is 15.6 Å². The summed E-state index contributed by atoms with van der Waals surface area (Å²) in [6.07, 6.45) is -3.87. The summed E-state index contributed by atoms with van der Waals surface area (Å²) in [6.45, 7) is 4.17. The second-order valence-corrected chi connectivity index (χ2v) is 8.93. The Morgan fingerprint density at radius 3 is 2.15 bits per heavy atom. The molecule has 0 bridgehead atoms. The van der Waals surface area contributed by atoms with Crippen molar-refractivity contribution in [2.45, 2.75) is 38.4 Å². The van der Waals surface area contributed by atoms with Crippen LogP contribution in [0.2, 0.25) is 0 Å². The summed E-state index contributed by atoms with van der Waals surface area (Å²) in [6, 6.07) is 10.2. The zero-order valence-corrected chi connectivity index (χ0v) is 19.3. The number of alkyl halides is 3. The van der Waals surface area contributed by atoms with Crippen molar-refractivity contribution in [2.75, 3.05) is 13.6 Å². The van der Waals surface area contributed by atoms with Gasteiger partial charge in [-0.3, -0.25) is 4.79 Å². The van der Waals surface area contributed by atoms with Crippen LogP contribution in [0.25, 0.3) is 0 Å². The molecule has 2 unspecified atom stereocenters. The largest absolute Gasteiger partial charge is 0.416 e. The van der Waals surface area contributed by atoms with Crippen LogP contribution in [0.5, 0.6) is 0 Å². The van der Waals surface area contributed by atoms with E-state index in [1.165, 1.54) is 42.6 Å². The number of hydrogen-bond acceptors (Lipinski definition) is 4. The highest BCUT2D eigenvalue weighted by molar-refractivity contribution is 7.11. The van der Waals surface area contributed by atoms with Crippen LogP contribution in [0, 0.1) is 19.7 Å². The Labute approximate surface area is 194 Å². The molecule has 0 saturated carbocycles. The van der Waals surface area contributed by atoms with Gasteiger partial charge in [-0.1, -0.05) is 24.3 Å². The number of nitrogens with one attached hydrogen (secondary N) is 2. The van der Waals surface area contributed by atoms with E-state index in [-0.39, 0.29) is 11.8 Å². The number of thiazole rings is 1. The first-order valence-electron chi connectivity index (χ1n) is 10.4. The molecule has 2 aromatic carbocycles. The molecule has 4 nitrogen and oxygen atoms in total. The summed E-state index contributed by atoms with van der Waals surface area (Å²) >= 11 is 1.51. The van der Waals surface area contributed by atoms with Gasteiger partial charge in [0.25, 0.3) is 0 Å². The van der Waals surface area contributed by atoms with Crippen LogP contribution < -0.4 is 10.6 Å². The summed E-state index contributed by atoms with van der Waals surface area (Å²) in [5, 5.41) is 6.69. The minimum Gasteiger partial charge on any atom is -0.358 e. The van der Waals surface area contributed by atoms with Gasteiger partial charge in [-0.25, -0.2) is 9.37 Å². The Morgan fingerprint density at radius 2 is 1.64 bits per heavy atom. The molecule has 33 heavy (non-hydrogen) atoms. The fraction of sp³-hybridized carbons (Fsp3) is 0.333. The monoisotopic (exact) mass is 479 g/mol. The first-order chi connectivity index (χ1) is 15.6. The van der Waals surface area contributed by atoms with Gasteiger partial charge in [-0.05, 0) is 62.2 Å². The smallest absolute Gasteiger partial charge is 0.358 e. The number of aryl methyl sites for hydroxylation is 2. The van der Waals surface area contributed by atoms with Crippen LogP contribution in [-0.2, 0) is 11.0 Å². The molecule has 2 N–H and O–H groups in total. The highest BCUT2D eigenvalue weighted by atomic mass is 32.1. The number of likely N-dealkylation sites (N-methyl/N-ethyl adjacent to an activating group) is 1. The third kappa shape index (κ3) is 6.17. The van der Waals surface area contributed by atoms with Crippen LogP contribution in [0.1, 0.15) is 50.6 Å².